The van der Waals surface area contributed by atoms with Crippen LogP contribution in [0.3, 0.4) is 0 Å². The summed E-state index contributed by atoms with van der Waals surface area (Å²) >= 11 is 6.38. The zero-order valence-corrected chi connectivity index (χ0v) is 21.9. The number of fused-ring (bicyclic) bond motifs is 6. The van der Waals surface area contributed by atoms with Crippen LogP contribution in [0, 0.1) is 6.92 Å². The molecule has 3 heterocycles. The summed E-state index contributed by atoms with van der Waals surface area (Å²) in [4.78, 5) is 12.9. The molecule has 0 saturated carbocycles. The number of Topliss-reactive ketones (excluding diaryl/α,β-unsaturated/α-hetero) is 1. The third kappa shape index (κ3) is 2.69. The largest absolute Gasteiger partial charge is 0.506 e. The number of hydrogen-bond acceptors (Lipinski definition) is 10. The van der Waals surface area contributed by atoms with E-state index in [1.165, 1.54) is 28.4 Å². The van der Waals surface area contributed by atoms with Crippen molar-refractivity contribution in [1.29, 1.82) is 0 Å². The maximum atomic E-state index is 12.9. The van der Waals surface area contributed by atoms with Crippen LogP contribution in [0.1, 0.15) is 46.0 Å². The number of methoxy groups -OCH3 is 4. The highest BCUT2D eigenvalue weighted by atomic mass is 35.5. The van der Waals surface area contributed by atoms with Crippen LogP contribution in [0.2, 0.25) is 0 Å². The van der Waals surface area contributed by atoms with Gasteiger partial charge in [-0.15, -0.1) is 11.6 Å². The van der Waals surface area contributed by atoms with Gasteiger partial charge >= 0.3 is 0 Å². The minimum atomic E-state index is -2.11. The monoisotopic (exact) mass is 536 g/mol. The molecule has 3 unspecified atom stereocenters. The number of alkyl halides is 1. The van der Waals surface area contributed by atoms with E-state index >= 15 is 0 Å². The van der Waals surface area contributed by atoms with Gasteiger partial charge in [0.25, 0.3) is 11.6 Å². The molecule has 2 bridgehead atoms. The Labute approximate surface area is 218 Å². The summed E-state index contributed by atoms with van der Waals surface area (Å²) < 4.78 is 41.9. The molecule has 0 radical (unpaired) electrons. The lowest BCUT2D eigenvalue weighted by Gasteiger charge is -2.54. The minimum absolute atomic E-state index is 0.174. The van der Waals surface area contributed by atoms with Gasteiger partial charge < -0.3 is 43.4 Å². The molecule has 0 amide bonds. The van der Waals surface area contributed by atoms with Crippen molar-refractivity contribution in [3.05, 3.63) is 28.3 Å². The van der Waals surface area contributed by atoms with Gasteiger partial charge in [-0.05, 0) is 31.4 Å². The lowest BCUT2D eigenvalue weighted by atomic mass is 9.76. The molecule has 200 valence electrons. The van der Waals surface area contributed by atoms with Crippen molar-refractivity contribution in [2.75, 3.05) is 34.3 Å². The molecule has 3 aliphatic heterocycles. The summed E-state index contributed by atoms with van der Waals surface area (Å²) in [5, 5.41) is 24.4. The normalized spacial score (nSPS) is 33.6. The molecule has 37 heavy (non-hydrogen) atoms. The van der Waals surface area contributed by atoms with Gasteiger partial charge in [0.1, 0.15) is 23.4 Å². The lowest BCUT2D eigenvalue weighted by Crippen LogP contribution is -2.76. The fourth-order valence-corrected chi connectivity index (χ4v) is 7.12. The van der Waals surface area contributed by atoms with Crippen LogP contribution in [-0.4, -0.2) is 79.9 Å². The smallest absolute Gasteiger partial charge is 0.275 e. The fourth-order valence-electron chi connectivity index (χ4n) is 6.75. The quantitative estimate of drug-likeness (QED) is 0.421. The number of benzene rings is 2. The van der Waals surface area contributed by atoms with Crippen LogP contribution in [0.5, 0.6) is 17.2 Å². The van der Waals surface area contributed by atoms with E-state index in [0.717, 1.165) is 5.56 Å². The first-order valence-electron chi connectivity index (χ1n) is 12.1. The third-order valence-corrected chi connectivity index (χ3v) is 8.70. The fraction of sp³-hybridized carbons (Fsp3) is 0.577. The summed E-state index contributed by atoms with van der Waals surface area (Å²) in [6.45, 7) is 1.88. The second-order valence-electron chi connectivity index (χ2n) is 9.89. The molecule has 1 aliphatic carbocycles. The highest BCUT2D eigenvalue weighted by molar-refractivity contribution is 6.19. The number of carbonyl (C=O) groups is 1. The van der Waals surface area contributed by atoms with Crippen molar-refractivity contribution in [3.8, 4) is 17.2 Å². The van der Waals surface area contributed by atoms with Crippen molar-refractivity contribution < 1.29 is 48.2 Å². The molecule has 11 heteroatoms. The Morgan fingerprint density at radius 1 is 1.19 bits per heavy atom. The van der Waals surface area contributed by atoms with E-state index < -0.39 is 41.6 Å². The summed E-state index contributed by atoms with van der Waals surface area (Å²) in [6.07, 6.45) is -1.36. The van der Waals surface area contributed by atoms with Gasteiger partial charge in [0, 0.05) is 44.3 Å². The average molecular weight is 537 g/mol. The predicted molar refractivity (Wildman–Crippen MR) is 129 cm³/mol. The number of aromatic hydroxyl groups is 1. The minimum Gasteiger partial charge on any atom is -0.506 e. The summed E-state index contributed by atoms with van der Waals surface area (Å²) in [7, 11) is 5.69. The molecular formula is C26H29ClO10. The Bertz CT molecular complexity index is 1320. The number of phenols is 1. The maximum Gasteiger partial charge on any atom is 0.275 e. The zero-order chi connectivity index (χ0) is 26.5. The number of ether oxygens (including phenoxy) is 7. The molecule has 6 rings (SSSR count). The number of phenolic OH excluding ortho intramolecular Hbond substituents is 1. The standard InChI is InChI=1S/C26H29ClO10/c1-11-9-13-17(18(29)16-12(19(13)31-2)7-6-8-14(16)28)20-15(11)21-22-25(34-5,35-20)24(30,10-27)26(36-21,37-22)23(32-3)33-4/h9,21-23,29-30H,6-8,10H2,1-5H3/t21?,22?,24-,25+,26?/m0/s1. The van der Waals surface area contributed by atoms with Crippen LogP contribution in [0.25, 0.3) is 10.8 Å². The van der Waals surface area contributed by atoms with Gasteiger partial charge in [-0.3, -0.25) is 4.79 Å². The second kappa shape index (κ2) is 8.16. The Morgan fingerprint density at radius 3 is 2.54 bits per heavy atom. The van der Waals surface area contributed by atoms with E-state index in [2.05, 4.69) is 0 Å². The van der Waals surface area contributed by atoms with Crippen molar-refractivity contribution in [2.45, 2.75) is 61.9 Å². The second-order valence-corrected chi connectivity index (χ2v) is 10.2. The van der Waals surface area contributed by atoms with E-state index in [4.69, 9.17) is 44.8 Å². The SMILES string of the molecule is COc1c2c(c(O)c3c4c(c(C)cc13)C1OC3(C(OC)OC)OC1[C@@](OC)(O4)[C@@]3(O)CCl)C(=O)CCC2. The first kappa shape index (κ1) is 25.1. The van der Waals surface area contributed by atoms with Gasteiger partial charge in [0.05, 0.1) is 23.9 Å². The highest BCUT2D eigenvalue weighted by Crippen LogP contribution is 2.67. The lowest BCUT2D eigenvalue weighted by molar-refractivity contribution is -0.391. The molecule has 5 atom stereocenters. The molecule has 2 fully saturated rings. The van der Waals surface area contributed by atoms with Crippen molar-refractivity contribution in [1.82, 2.24) is 0 Å². The first-order chi connectivity index (χ1) is 17.7. The molecule has 2 saturated heterocycles. The van der Waals surface area contributed by atoms with E-state index in [9.17, 15) is 15.0 Å². The third-order valence-electron chi connectivity index (χ3n) is 8.31. The number of halogens is 1. The Morgan fingerprint density at radius 2 is 1.92 bits per heavy atom. The summed E-state index contributed by atoms with van der Waals surface area (Å²) in [6, 6.07) is 1.87. The van der Waals surface area contributed by atoms with Crippen LogP contribution in [0.15, 0.2) is 6.07 Å². The average Bonchev–Trinajstić information content (AvgIpc) is 3.39. The van der Waals surface area contributed by atoms with Gasteiger partial charge in [-0.1, -0.05) is 0 Å². The number of aryl methyl sites for hydroxylation is 1. The van der Waals surface area contributed by atoms with Crippen molar-refractivity contribution in [3.63, 3.8) is 0 Å². The highest BCUT2D eigenvalue weighted by Gasteiger charge is 2.87. The molecule has 2 aromatic carbocycles. The van der Waals surface area contributed by atoms with Crippen LogP contribution in [0.4, 0.5) is 0 Å². The number of rotatable bonds is 6. The van der Waals surface area contributed by atoms with Gasteiger partial charge in [-0.2, -0.15) is 0 Å². The molecule has 0 aromatic heterocycles. The van der Waals surface area contributed by atoms with Crippen LogP contribution < -0.4 is 9.47 Å². The summed E-state index contributed by atoms with van der Waals surface area (Å²) in [5.74, 6) is -3.85. The van der Waals surface area contributed by atoms with E-state index in [0.29, 0.717) is 41.5 Å². The maximum absolute atomic E-state index is 12.9. The molecular weight excluding hydrogens is 508 g/mol. The molecule has 4 aliphatic rings. The Kier molecular flexibility index (Phi) is 5.54. The number of hydrogen-bond donors (Lipinski definition) is 2. The van der Waals surface area contributed by atoms with E-state index in [1.807, 2.05) is 13.0 Å². The van der Waals surface area contributed by atoms with E-state index in [-0.39, 0.29) is 28.2 Å². The Balaban J connectivity index is 1.69. The first-order valence-corrected chi connectivity index (χ1v) is 12.6. The topological polar surface area (TPSA) is 122 Å². The number of aliphatic hydroxyl groups is 1. The van der Waals surface area contributed by atoms with Gasteiger partial charge in [0.2, 0.25) is 11.9 Å². The van der Waals surface area contributed by atoms with Crippen molar-refractivity contribution >= 4 is 28.2 Å². The number of ketones is 1. The van der Waals surface area contributed by atoms with Gasteiger partial charge in [0.15, 0.2) is 11.9 Å². The van der Waals surface area contributed by atoms with Gasteiger partial charge in [-0.25, -0.2) is 0 Å². The van der Waals surface area contributed by atoms with Crippen LogP contribution in [-0.2, 0) is 30.1 Å². The molecule has 2 N–H and O–H groups in total. The molecule has 2 aromatic rings. The molecule has 10 nitrogen and oxygen atoms in total. The summed E-state index contributed by atoms with van der Waals surface area (Å²) in [5.41, 5.74) is 0.129. The Hall–Kier alpha value is -2.18. The zero-order valence-electron chi connectivity index (χ0n) is 21.2. The predicted octanol–water partition coefficient (Wildman–Crippen LogP) is 2.87. The van der Waals surface area contributed by atoms with E-state index in [1.54, 1.807) is 0 Å². The number of carbonyl (C=O) groups excluding carboxylic acids is 1. The van der Waals surface area contributed by atoms with Crippen LogP contribution >= 0.6 is 11.6 Å². The van der Waals surface area contributed by atoms with Crippen molar-refractivity contribution in [2.24, 2.45) is 0 Å². The molecule has 0 spiro atoms.